The summed E-state index contributed by atoms with van der Waals surface area (Å²) in [5.74, 6) is 0. The molecule has 0 fully saturated rings. The van der Waals surface area contributed by atoms with Gasteiger partial charge in [-0.1, -0.05) is 35.9 Å². The minimum absolute atomic E-state index is 0.670. The van der Waals surface area contributed by atoms with E-state index in [1.54, 1.807) is 11.3 Å². The Morgan fingerprint density at radius 3 is 2.76 bits per heavy atom. The maximum atomic E-state index is 10.8. The van der Waals surface area contributed by atoms with E-state index in [1.165, 1.54) is 11.1 Å². The average molecular weight is 299 g/mol. The average Bonchev–Trinajstić information content (AvgIpc) is 2.94. The van der Waals surface area contributed by atoms with Crippen molar-refractivity contribution in [2.75, 3.05) is 0 Å². The van der Waals surface area contributed by atoms with Crippen LogP contribution in [0.5, 0.6) is 0 Å². The van der Waals surface area contributed by atoms with Crippen LogP contribution < -0.4 is 11.2 Å². The molecule has 0 saturated heterocycles. The molecule has 3 N–H and O–H groups in total. The molecule has 4 nitrogen and oxygen atoms in total. The molecular weight excluding hydrogens is 282 g/mol. The molecule has 2 rings (SSSR count). The number of amides is 2. The molecule has 1 aromatic heterocycles. The molecule has 0 unspecified atom stereocenters. The van der Waals surface area contributed by atoms with E-state index in [4.69, 9.17) is 5.73 Å². The Balaban J connectivity index is 2.28. The van der Waals surface area contributed by atoms with Crippen LogP contribution >= 0.6 is 11.3 Å². The fraction of sp³-hybridized carbons (Fsp3) is 0.125. The van der Waals surface area contributed by atoms with E-state index in [2.05, 4.69) is 42.6 Å². The van der Waals surface area contributed by atoms with E-state index >= 15 is 0 Å². The highest BCUT2D eigenvalue weighted by Crippen LogP contribution is 2.15. The number of rotatable bonds is 4. The molecule has 1 aromatic carbocycles. The van der Waals surface area contributed by atoms with Crippen LogP contribution in [0.4, 0.5) is 4.79 Å². The number of thiophene rings is 1. The number of carbonyl (C=O) groups is 1. The first kappa shape index (κ1) is 15.0. The van der Waals surface area contributed by atoms with Gasteiger partial charge in [-0.3, -0.25) is 0 Å². The second kappa shape index (κ2) is 6.85. The predicted molar refractivity (Wildman–Crippen MR) is 88.5 cm³/mol. The van der Waals surface area contributed by atoms with Crippen LogP contribution in [0.2, 0.25) is 0 Å². The zero-order chi connectivity index (χ0) is 15.2. The third-order valence-electron chi connectivity index (χ3n) is 2.91. The van der Waals surface area contributed by atoms with Crippen molar-refractivity contribution in [1.82, 2.24) is 5.43 Å². The van der Waals surface area contributed by atoms with Gasteiger partial charge >= 0.3 is 6.03 Å². The summed E-state index contributed by atoms with van der Waals surface area (Å²) in [6.45, 7) is 4.13. The smallest absolute Gasteiger partial charge is 0.332 e. The SMILES string of the molecule is Cc1ccc(/C=C/C(=N/NC(N)=O)c2cccs2)c(C)c1. The number of aryl methyl sites for hydroxylation is 2. The summed E-state index contributed by atoms with van der Waals surface area (Å²) in [4.78, 5) is 11.8. The molecule has 108 valence electrons. The first-order valence-electron chi connectivity index (χ1n) is 6.48. The van der Waals surface area contributed by atoms with E-state index in [0.717, 1.165) is 10.4 Å². The second-order valence-corrected chi connectivity index (χ2v) is 5.59. The highest BCUT2D eigenvalue weighted by atomic mass is 32.1. The quantitative estimate of drug-likeness (QED) is 0.659. The number of hydrazone groups is 1. The van der Waals surface area contributed by atoms with Crippen molar-refractivity contribution >= 4 is 29.2 Å². The number of hydrogen-bond donors (Lipinski definition) is 2. The number of hydrogen-bond acceptors (Lipinski definition) is 3. The molecular formula is C16H17N3OS. The largest absolute Gasteiger partial charge is 0.350 e. The van der Waals surface area contributed by atoms with Crippen molar-refractivity contribution in [1.29, 1.82) is 0 Å². The minimum atomic E-state index is -0.677. The van der Waals surface area contributed by atoms with Crippen molar-refractivity contribution in [2.45, 2.75) is 13.8 Å². The van der Waals surface area contributed by atoms with Crippen molar-refractivity contribution < 1.29 is 4.79 Å². The molecule has 1 heterocycles. The van der Waals surface area contributed by atoms with Gasteiger partial charge in [0.25, 0.3) is 0 Å². The summed E-state index contributed by atoms with van der Waals surface area (Å²) in [7, 11) is 0. The Morgan fingerprint density at radius 2 is 2.14 bits per heavy atom. The first-order chi connectivity index (χ1) is 10.1. The molecule has 0 aliphatic carbocycles. The number of nitrogens with two attached hydrogens (primary N) is 1. The number of nitrogens with zero attached hydrogens (tertiary/aromatic N) is 1. The van der Waals surface area contributed by atoms with E-state index in [1.807, 2.05) is 29.7 Å². The molecule has 0 aliphatic rings. The summed E-state index contributed by atoms with van der Waals surface area (Å²) >= 11 is 1.55. The van der Waals surface area contributed by atoms with Crippen LogP contribution in [0.25, 0.3) is 6.08 Å². The Labute approximate surface area is 128 Å². The molecule has 0 aliphatic heterocycles. The number of carbonyl (C=O) groups excluding carboxylic acids is 1. The van der Waals surface area contributed by atoms with Crippen LogP contribution in [0, 0.1) is 13.8 Å². The highest BCUT2D eigenvalue weighted by Gasteiger charge is 2.02. The van der Waals surface area contributed by atoms with Gasteiger partial charge in [-0.15, -0.1) is 11.3 Å². The van der Waals surface area contributed by atoms with Gasteiger partial charge in [0.2, 0.25) is 0 Å². The topological polar surface area (TPSA) is 67.5 Å². The van der Waals surface area contributed by atoms with Crippen molar-refractivity contribution in [3.05, 3.63) is 63.4 Å². The lowest BCUT2D eigenvalue weighted by Crippen LogP contribution is -2.25. The van der Waals surface area contributed by atoms with Gasteiger partial charge in [0, 0.05) is 0 Å². The van der Waals surface area contributed by atoms with Gasteiger partial charge in [-0.05, 0) is 42.5 Å². The molecule has 0 bridgehead atoms. The van der Waals surface area contributed by atoms with Crippen LogP contribution in [0.15, 0.2) is 46.9 Å². The monoisotopic (exact) mass is 299 g/mol. The first-order valence-corrected chi connectivity index (χ1v) is 7.36. The Kier molecular flexibility index (Phi) is 4.90. The van der Waals surface area contributed by atoms with Gasteiger partial charge in [-0.25, -0.2) is 10.2 Å². The number of allylic oxidation sites excluding steroid dienone is 1. The molecule has 2 amide bonds. The normalized spacial score (nSPS) is 11.8. The standard InChI is InChI=1S/C16H17N3OS/c1-11-5-6-13(12(2)10-11)7-8-14(18-19-16(17)20)15-4-3-9-21-15/h3-10H,1-2H3,(H3,17,19,20)/b8-7+,18-14-. The highest BCUT2D eigenvalue weighted by molar-refractivity contribution is 7.12. The predicted octanol–water partition coefficient (Wildman–Crippen LogP) is 3.45. The zero-order valence-corrected chi connectivity index (χ0v) is 12.8. The van der Waals surface area contributed by atoms with Crippen LogP contribution in [0.3, 0.4) is 0 Å². The van der Waals surface area contributed by atoms with Gasteiger partial charge in [-0.2, -0.15) is 5.10 Å². The summed E-state index contributed by atoms with van der Waals surface area (Å²) in [5.41, 5.74) is 11.5. The van der Waals surface area contributed by atoms with Crippen molar-refractivity contribution in [3.63, 3.8) is 0 Å². The van der Waals surface area contributed by atoms with Gasteiger partial charge in [0.1, 0.15) is 5.71 Å². The lowest BCUT2D eigenvalue weighted by atomic mass is 10.0. The van der Waals surface area contributed by atoms with Crippen molar-refractivity contribution in [2.24, 2.45) is 10.8 Å². The Bertz CT molecular complexity index is 688. The van der Waals surface area contributed by atoms with E-state index in [-0.39, 0.29) is 0 Å². The summed E-state index contributed by atoms with van der Waals surface area (Å²) < 4.78 is 0. The number of nitrogens with one attached hydrogen (secondary N) is 1. The maximum absolute atomic E-state index is 10.8. The summed E-state index contributed by atoms with van der Waals surface area (Å²) in [6, 6.07) is 9.46. The summed E-state index contributed by atoms with van der Waals surface area (Å²) in [5, 5.41) is 6.00. The van der Waals surface area contributed by atoms with E-state index in [9.17, 15) is 4.79 Å². The number of primary amides is 1. The molecule has 0 radical (unpaired) electrons. The van der Waals surface area contributed by atoms with Crippen LogP contribution in [0.1, 0.15) is 21.6 Å². The molecule has 21 heavy (non-hydrogen) atoms. The molecule has 0 saturated carbocycles. The van der Waals surface area contributed by atoms with Crippen molar-refractivity contribution in [3.8, 4) is 0 Å². The van der Waals surface area contributed by atoms with Gasteiger partial charge in [0.05, 0.1) is 4.88 Å². The molecule has 2 aromatic rings. The zero-order valence-electron chi connectivity index (χ0n) is 12.0. The summed E-state index contributed by atoms with van der Waals surface area (Å²) in [6.07, 6.45) is 3.86. The lowest BCUT2D eigenvalue weighted by molar-refractivity contribution is 0.249. The Morgan fingerprint density at radius 1 is 1.33 bits per heavy atom. The van der Waals surface area contributed by atoms with Gasteiger partial charge in [0.15, 0.2) is 0 Å². The third-order valence-corrected chi connectivity index (χ3v) is 3.80. The van der Waals surface area contributed by atoms with Crippen LogP contribution in [-0.2, 0) is 0 Å². The lowest BCUT2D eigenvalue weighted by Gasteiger charge is -2.03. The number of urea groups is 1. The fourth-order valence-electron chi connectivity index (χ4n) is 1.90. The molecule has 0 spiro atoms. The second-order valence-electron chi connectivity index (χ2n) is 4.64. The maximum Gasteiger partial charge on any atom is 0.332 e. The van der Waals surface area contributed by atoms with E-state index in [0.29, 0.717) is 5.71 Å². The molecule has 5 heteroatoms. The van der Waals surface area contributed by atoms with E-state index < -0.39 is 6.03 Å². The van der Waals surface area contributed by atoms with Crippen LogP contribution in [-0.4, -0.2) is 11.7 Å². The Hall–Kier alpha value is -2.40. The minimum Gasteiger partial charge on any atom is -0.350 e. The molecule has 0 atom stereocenters. The number of benzene rings is 1. The fourth-order valence-corrected chi connectivity index (χ4v) is 2.59. The van der Waals surface area contributed by atoms with Gasteiger partial charge < -0.3 is 5.73 Å². The third kappa shape index (κ3) is 4.29.